The normalized spacial score (nSPS) is 15.2. The molecule has 3 nitrogen and oxygen atoms in total. The van der Waals surface area contributed by atoms with Gasteiger partial charge in [0.05, 0.1) is 11.3 Å². The van der Waals surface area contributed by atoms with Crippen molar-refractivity contribution in [3.63, 3.8) is 0 Å². The highest BCUT2D eigenvalue weighted by Crippen LogP contribution is 2.29. The van der Waals surface area contributed by atoms with Crippen LogP contribution in [0.25, 0.3) is 6.08 Å². The number of carbonyl (C=O) groups is 1. The van der Waals surface area contributed by atoms with Gasteiger partial charge in [0, 0.05) is 5.56 Å². The molecule has 0 atom stereocenters. The number of carbonyl (C=O) groups excluding carboxylic acids is 1. The Balaban J connectivity index is 1.87. The van der Waals surface area contributed by atoms with Crippen molar-refractivity contribution in [2.45, 2.75) is 0 Å². The van der Waals surface area contributed by atoms with Crippen LogP contribution in [0.2, 0.25) is 0 Å². The van der Waals surface area contributed by atoms with Gasteiger partial charge in [0.2, 0.25) is 0 Å². The SMILES string of the molecule is O=C1/C(=C\c2ccccc2F)N=C(c2ccccc2F)N1c1ccc(F)cc1. The molecule has 0 bridgehead atoms. The van der Waals surface area contributed by atoms with Crippen molar-refractivity contribution in [3.8, 4) is 0 Å². The lowest BCUT2D eigenvalue weighted by Crippen LogP contribution is -2.33. The molecular weight excluding hydrogens is 365 g/mol. The highest BCUT2D eigenvalue weighted by atomic mass is 19.1. The van der Waals surface area contributed by atoms with Crippen LogP contribution < -0.4 is 4.90 Å². The molecule has 0 N–H and O–H groups in total. The van der Waals surface area contributed by atoms with Crippen LogP contribution in [-0.2, 0) is 4.79 Å². The molecule has 6 heteroatoms. The molecule has 3 aromatic rings. The van der Waals surface area contributed by atoms with E-state index in [0.717, 1.165) is 0 Å². The van der Waals surface area contributed by atoms with Crippen molar-refractivity contribution < 1.29 is 18.0 Å². The number of hydrogen-bond donors (Lipinski definition) is 0. The number of hydrogen-bond acceptors (Lipinski definition) is 2. The zero-order valence-electron chi connectivity index (χ0n) is 14.4. The van der Waals surface area contributed by atoms with Crippen LogP contribution in [0.4, 0.5) is 18.9 Å². The molecule has 1 heterocycles. The summed E-state index contributed by atoms with van der Waals surface area (Å²) in [6.07, 6.45) is 1.31. The van der Waals surface area contributed by atoms with Gasteiger partial charge in [-0.05, 0) is 48.5 Å². The molecule has 1 aliphatic heterocycles. The molecule has 1 amide bonds. The number of anilines is 1. The van der Waals surface area contributed by atoms with E-state index in [9.17, 15) is 18.0 Å². The molecule has 28 heavy (non-hydrogen) atoms. The third kappa shape index (κ3) is 3.20. The minimum absolute atomic E-state index is 0.0484. The first kappa shape index (κ1) is 17.7. The fourth-order valence-corrected chi connectivity index (χ4v) is 2.91. The molecule has 0 saturated heterocycles. The quantitative estimate of drug-likeness (QED) is 0.595. The van der Waals surface area contributed by atoms with Crippen molar-refractivity contribution in [3.05, 3.63) is 107 Å². The molecular formula is C22H13F3N2O. The summed E-state index contributed by atoms with van der Waals surface area (Å²) >= 11 is 0. The summed E-state index contributed by atoms with van der Waals surface area (Å²) in [6.45, 7) is 0. The Labute approximate surface area is 159 Å². The molecule has 1 aliphatic rings. The summed E-state index contributed by atoms with van der Waals surface area (Å²) in [5, 5.41) is 0. The number of aliphatic imine (C=N–C) groups is 1. The minimum atomic E-state index is -0.562. The van der Waals surface area contributed by atoms with Crippen molar-refractivity contribution in [2.24, 2.45) is 4.99 Å². The van der Waals surface area contributed by atoms with Gasteiger partial charge < -0.3 is 0 Å². The van der Waals surface area contributed by atoms with Crippen LogP contribution in [0.15, 0.2) is 83.5 Å². The zero-order valence-corrected chi connectivity index (χ0v) is 14.4. The third-order valence-electron chi connectivity index (χ3n) is 4.26. The first-order valence-corrected chi connectivity index (χ1v) is 8.44. The summed E-state index contributed by atoms with van der Waals surface area (Å²) in [5.41, 5.74) is 0.568. The van der Waals surface area contributed by atoms with Gasteiger partial charge in [-0.1, -0.05) is 30.3 Å². The van der Waals surface area contributed by atoms with E-state index in [-0.39, 0.29) is 22.7 Å². The zero-order chi connectivity index (χ0) is 19.7. The van der Waals surface area contributed by atoms with Gasteiger partial charge >= 0.3 is 0 Å². The van der Waals surface area contributed by atoms with E-state index < -0.39 is 23.4 Å². The Bertz CT molecular complexity index is 1120. The van der Waals surface area contributed by atoms with Gasteiger partial charge in [-0.25, -0.2) is 18.2 Å². The Hall–Kier alpha value is -3.67. The fourth-order valence-electron chi connectivity index (χ4n) is 2.91. The Morgan fingerprint density at radius 1 is 0.786 bits per heavy atom. The molecule has 3 aromatic carbocycles. The number of amides is 1. The van der Waals surface area contributed by atoms with Crippen molar-refractivity contribution in [2.75, 3.05) is 4.90 Å². The lowest BCUT2D eigenvalue weighted by atomic mass is 10.1. The minimum Gasteiger partial charge on any atom is -0.266 e. The predicted molar refractivity (Wildman–Crippen MR) is 101 cm³/mol. The van der Waals surface area contributed by atoms with E-state index in [0.29, 0.717) is 5.69 Å². The van der Waals surface area contributed by atoms with Crippen LogP contribution in [-0.4, -0.2) is 11.7 Å². The summed E-state index contributed by atoms with van der Waals surface area (Å²) in [6, 6.07) is 17.0. The molecule has 0 fully saturated rings. The number of amidine groups is 1. The first-order valence-electron chi connectivity index (χ1n) is 8.44. The van der Waals surface area contributed by atoms with Crippen LogP contribution in [0.1, 0.15) is 11.1 Å². The lowest BCUT2D eigenvalue weighted by Gasteiger charge is -2.18. The fraction of sp³-hybridized carbons (Fsp3) is 0. The molecule has 0 saturated carbocycles. The Morgan fingerprint density at radius 3 is 2.11 bits per heavy atom. The summed E-state index contributed by atoms with van der Waals surface area (Å²) in [4.78, 5) is 18.5. The molecule has 0 spiro atoms. The highest BCUT2D eigenvalue weighted by molar-refractivity contribution is 6.33. The van der Waals surface area contributed by atoms with Crippen molar-refractivity contribution >= 4 is 23.5 Å². The van der Waals surface area contributed by atoms with Gasteiger partial charge in [-0.15, -0.1) is 0 Å². The van der Waals surface area contributed by atoms with Crippen molar-refractivity contribution in [1.29, 1.82) is 0 Å². The van der Waals surface area contributed by atoms with E-state index in [4.69, 9.17) is 0 Å². The monoisotopic (exact) mass is 378 g/mol. The molecule has 138 valence electrons. The number of halogens is 3. The molecule has 0 aromatic heterocycles. The maximum atomic E-state index is 14.4. The number of benzene rings is 3. The van der Waals surface area contributed by atoms with E-state index in [1.165, 1.54) is 71.6 Å². The maximum Gasteiger partial charge on any atom is 0.282 e. The van der Waals surface area contributed by atoms with Gasteiger partial charge in [-0.2, -0.15) is 0 Å². The van der Waals surface area contributed by atoms with Gasteiger partial charge in [0.1, 0.15) is 23.1 Å². The Kier molecular flexibility index (Phi) is 4.53. The van der Waals surface area contributed by atoms with Crippen LogP contribution in [0.3, 0.4) is 0 Å². The van der Waals surface area contributed by atoms with E-state index in [2.05, 4.69) is 4.99 Å². The summed E-state index contributed by atoms with van der Waals surface area (Å²) in [5.74, 6) is -2.05. The molecule has 0 radical (unpaired) electrons. The lowest BCUT2D eigenvalue weighted by molar-refractivity contribution is -0.113. The summed E-state index contributed by atoms with van der Waals surface area (Å²) in [7, 11) is 0. The van der Waals surface area contributed by atoms with E-state index in [1.807, 2.05) is 0 Å². The molecule has 0 aliphatic carbocycles. The third-order valence-corrected chi connectivity index (χ3v) is 4.26. The largest absolute Gasteiger partial charge is 0.282 e. The van der Waals surface area contributed by atoms with Crippen molar-refractivity contribution in [1.82, 2.24) is 0 Å². The smallest absolute Gasteiger partial charge is 0.266 e. The average molecular weight is 378 g/mol. The second kappa shape index (κ2) is 7.15. The highest BCUT2D eigenvalue weighted by Gasteiger charge is 2.33. The first-order chi connectivity index (χ1) is 13.5. The molecule has 0 unspecified atom stereocenters. The van der Waals surface area contributed by atoms with Gasteiger partial charge in [-0.3, -0.25) is 9.69 Å². The van der Waals surface area contributed by atoms with Gasteiger partial charge in [0.25, 0.3) is 5.91 Å². The topological polar surface area (TPSA) is 32.7 Å². The second-order valence-electron chi connectivity index (χ2n) is 6.08. The number of nitrogens with zero attached hydrogens (tertiary/aromatic N) is 2. The van der Waals surface area contributed by atoms with Gasteiger partial charge in [0.15, 0.2) is 5.84 Å². The van der Waals surface area contributed by atoms with Crippen LogP contribution in [0, 0.1) is 17.5 Å². The van der Waals surface area contributed by atoms with Crippen LogP contribution >= 0.6 is 0 Å². The van der Waals surface area contributed by atoms with E-state index >= 15 is 0 Å². The standard InChI is InChI=1S/C22H13F3N2O/c23-15-9-11-16(12-10-15)27-21(17-6-2-4-8-19(17)25)26-20(22(27)28)13-14-5-1-3-7-18(14)24/h1-13H/b20-13+. The summed E-state index contributed by atoms with van der Waals surface area (Å²) < 4.78 is 41.7. The predicted octanol–water partition coefficient (Wildman–Crippen LogP) is 4.94. The average Bonchev–Trinajstić information content (AvgIpc) is 3.01. The molecule has 4 rings (SSSR count). The van der Waals surface area contributed by atoms with E-state index in [1.54, 1.807) is 12.1 Å². The number of rotatable bonds is 3. The maximum absolute atomic E-state index is 14.4. The Morgan fingerprint density at radius 2 is 1.43 bits per heavy atom. The van der Waals surface area contributed by atoms with Crippen LogP contribution in [0.5, 0.6) is 0 Å². The second-order valence-corrected chi connectivity index (χ2v) is 6.08.